The molecular weight excluding hydrogens is 214 g/mol. The van der Waals surface area contributed by atoms with E-state index in [0.717, 1.165) is 5.75 Å². The van der Waals surface area contributed by atoms with E-state index in [0.29, 0.717) is 23.7 Å². The first-order valence-electron chi connectivity index (χ1n) is 4.53. The van der Waals surface area contributed by atoms with Crippen LogP contribution in [0.25, 0.3) is 0 Å². The summed E-state index contributed by atoms with van der Waals surface area (Å²) in [6, 6.07) is 0. The van der Waals surface area contributed by atoms with Gasteiger partial charge in [-0.1, -0.05) is 0 Å². The predicted molar refractivity (Wildman–Crippen MR) is 61.0 cm³/mol. The van der Waals surface area contributed by atoms with E-state index in [-0.39, 0.29) is 0 Å². The van der Waals surface area contributed by atoms with Crippen molar-refractivity contribution in [1.29, 1.82) is 0 Å². The van der Waals surface area contributed by atoms with Gasteiger partial charge in [0.2, 0.25) is 0 Å². The second-order valence-electron chi connectivity index (χ2n) is 3.10. The topological polar surface area (TPSA) is 70.1 Å². The number of carbonyl (C=O) groups excluding carboxylic acids is 1. The Morgan fingerprint density at radius 3 is 2.80 bits per heavy atom. The van der Waals surface area contributed by atoms with Crippen molar-refractivity contribution in [2.24, 2.45) is 7.05 Å². The Morgan fingerprint density at radius 2 is 2.33 bits per heavy atom. The van der Waals surface area contributed by atoms with E-state index < -0.39 is 5.97 Å². The number of esters is 1. The minimum absolute atomic E-state index is 0.327. The molecule has 0 saturated carbocycles. The molecule has 1 aromatic heterocycles. The first-order valence-corrected chi connectivity index (χ1v) is 5.92. The highest BCUT2D eigenvalue weighted by atomic mass is 32.2. The molecule has 0 unspecified atom stereocenters. The molecule has 0 spiro atoms. The van der Waals surface area contributed by atoms with Gasteiger partial charge in [0.25, 0.3) is 0 Å². The van der Waals surface area contributed by atoms with Gasteiger partial charge in [-0.05, 0) is 13.2 Å². The van der Waals surface area contributed by atoms with Gasteiger partial charge in [0.15, 0.2) is 5.69 Å². The molecule has 0 bridgehead atoms. The highest BCUT2D eigenvalue weighted by Crippen LogP contribution is 2.16. The fraction of sp³-hybridized carbons (Fsp3) is 0.556. The van der Waals surface area contributed by atoms with E-state index in [2.05, 4.69) is 5.10 Å². The lowest BCUT2D eigenvalue weighted by Gasteiger charge is -2.04. The number of rotatable bonds is 4. The molecule has 84 valence electrons. The number of nitrogens with two attached hydrogens (primary N) is 1. The molecule has 15 heavy (non-hydrogen) atoms. The number of nitrogens with zero attached hydrogens (tertiary/aromatic N) is 2. The van der Waals surface area contributed by atoms with Gasteiger partial charge in [0.05, 0.1) is 11.4 Å². The van der Waals surface area contributed by atoms with Crippen molar-refractivity contribution >= 4 is 23.4 Å². The van der Waals surface area contributed by atoms with Gasteiger partial charge in [-0.3, -0.25) is 4.68 Å². The van der Waals surface area contributed by atoms with Crippen LogP contribution in [0, 0.1) is 6.92 Å². The largest absolute Gasteiger partial charge is 0.460 e. The normalized spacial score (nSPS) is 10.3. The maximum Gasteiger partial charge on any atom is 0.358 e. The van der Waals surface area contributed by atoms with Crippen LogP contribution in [0.2, 0.25) is 0 Å². The number of aryl methyl sites for hydroxylation is 2. The molecule has 0 fully saturated rings. The lowest BCUT2D eigenvalue weighted by molar-refractivity contribution is 0.0519. The predicted octanol–water partition coefficient (Wildman–Crippen LogP) is 0.831. The maximum absolute atomic E-state index is 11.6. The molecule has 0 amide bonds. The summed E-state index contributed by atoms with van der Waals surface area (Å²) in [5.74, 6) is 0.368. The van der Waals surface area contributed by atoms with Crippen LogP contribution in [-0.4, -0.2) is 34.4 Å². The van der Waals surface area contributed by atoms with Crippen molar-refractivity contribution < 1.29 is 9.53 Å². The third-order valence-corrected chi connectivity index (χ3v) is 2.56. The molecule has 0 aliphatic carbocycles. The number of carbonyl (C=O) groups is 1. The Balaban J connectivity index is 2.73. The zero-order chi connectivity index (χ0) is 11.4. The molecule has 0 saturated heterocycles. The summed E-state index contributed by atoms with van der Waals surface area (Å²) in [6.07, 6.45) is 1.95. The number of aromatic nitrogens is 2. The van der Waals surface area contributed by atoms with Gasteiger partial charge in [-0.2, -0.15) is 16.9 Å². The minimum atomic E-state index is -0.412. The van der Waals surface area contributed by atoms with Crippen molar-refractivity contribution in [2.45, 2.75) is 6.92 Å². The summed E-state index contributed by atoms with van der Waals surface area (Å²) in [7, 11) is 1.68. The van der Waals surface area contributed by atoms with Gasteiger partial charge in [-0.15, -0.1) is 0 Å². The molecular formula is C9H15N3O2S. The second kappa shape index (κ2) is 5.06. The molecule has 0 radical (unpaired) electrons. The molecule has 6 heteroatoms. The van der Waals surface area contributed by atoms with Gasteiger partial charge < -0.3 is 10.5 Å². The van der Waals surface area contributed by atoms with E-state index in [1.807, 2.05) is 6.26 Å². The van der Waals surface area contributed by atoms with Gasteiger partial charge in [-0.25, -0.2) is 4.79 Å². The second-order valence-corrected chi connectivity index (χ2v) is 4.09. The van der Waals surface area contributed by atoms with Crippen LogP contribution in [0.1, 0.15) is 16.2 Å². The summed E-state index contributed by atoms with van der Waals surface area (Å²) >= 11 is 1.62. The smallest absolute Gasteiger partial charge is 0.358 e. The number of hydrogen-bond donors (Lipinski definition) is 1. The molecule has 0 aromatic carbocycles. The first kappa shape index (κ1) is 11.9. The molecule has 5 nitrogen and oxygen atoms in total. The van der Waals surface area contributed by atoms with Crippen molar-refractivity contribution in [3.05, 3.63) is 11.4 Å². The van der Waals surface area contributed by atoms with Crippen LogP contribution in [0.15, 0.2) is 0 Å². The van der Waals surface area contributed by atoms with Crippen molar-refractivity contribution in [1.82, 2.24) is 9.78 Å². The van der Waals surface area contributed by atoms with Crippen molar-refractivity contribution in [3.8, 4) is 0 Å². The Kier molecular flexibility index (Phi) is 4.02. The van der Waals surface area contributed by atoms with Gasteiger partial charge in [0.1, 0.15) is 6.61 Å². The maximum atomic E-state index is 11.6. The van der Waals surface area contributed by atoms with Crippen LogP contribution in [0.5, 0.6) is 0 Å². The van der Waals surface area contributed by atoms with Crippen LogP contribution in [-0.2, 0) is 11.8 Å². The van der Waals surface area contributed by atoms with Gasteiger partial charge in [0, 0.05) is 12.8 Å². The SMILES string of the molecule is CSCCOC(=O)c1c(N)c(C)nn1C. The number of thioether (sulfide) groups is 1. The summed E-state index contributed by atoms with van der Waals surface area (Å²) in [5.41, 5.74) is 7.09. The van der Waals surface area contributed by atoms with E-state index in [9.17, 15) is 4.79 Å². The van der Waals surface area contributed by atoms with Crippen molar-refractivity contribution in [2.75, 3.05) is 24.3 Å². The molecule has 0 aliphatic rings. The number of anilines is 1. The Labute approximate surface area is 93.0 Å². The number of nitrogen functional groups attached to an aromatic ring is 1. The van der Waals surface area contributed by atoms with Gasteiger partial charge >= 0.3 is 5.97 Å². The average Bonchev–Trinajstić information content (AvgIpc) is 2.41. The fourth-order valence-electron chi connectivity index (χ4n) is 1.20. The lowest BCUT2D eigenvalue weighted by atomic mass is 10.3. The minimum Gasteiger partial charge on any atom is -0.460 e. The molecule has 1 aromatic rings. The summed E-state index contributed by atoms with van der Waals surface area (Å²) in [4.78, 5) is 11.6. The molecule has 0 atom stereocenters. The van der Waals surface area contributed by atoms with Crippen LogP contribution < -0.4 is 5.73 Å². The van der Waals surface area contributed by atoms with E-state index in [4.69, 9.17) is 10.5 Å². The molecule has 1 rings (SSSR count). The van der Waals surface area contributed by atoms with Crippen molar-refractivity contribution in [3.63, 3.8) is 0 Å². The zero-order valence-corrected chi connectivity index (χ0v) is 9.93. The Hall–Kier alpha value is -1.17. The van der Waals surface area contributed by atoms with Crippen LogP contribution in [0.3, 0.4) is 0 Å². The van der Waals surface area contributed by atoms with E-state index in [1.165, 1.54) is 4.68 Å². The van der Waals surface area contributed by atoms with Crippen LogP contribution >= 0.6 is 11.8 Å². The standard InChI is InChI=1S/C9H15N3O2S/c1-6-7(10)8(12(2)11-6)9(13)14-4-5-15-3/h4-5,10H2,1-3H3. The summed E-state index contributed by atoms with van der Waals surface area (Å²) < 4.78 is 6.49. The van der Waals surface area contributed by atoms with E-state index in [1.54, 1.807) is 25.7 Å². The third kappa shape index (κ3) is 2.65. The monoisotopic (exact) mass is 229 g/mol. The third-order valence-electron chi connectivity index (χ3n) is 1.98. The summed E-state index contributed by atoms with van der Waals surface area (Å²) in [5, 5.41) is 4.05. The summed E-state index contributed by atoms with van der Waals surface area (Å²) in [6.45, 7) is 2.15. The molecule has 0 aliphatic heterocycles. The molecule has 2 N–H and O–H groups in total. The van der Waals surface area contributed by atoms with E-state index >= 15 is 0 Å². The lowest BCUT2D eigenvalue weighted by Crippen LogP contribution is -2.14. The quantitative estimate of drug-likeness (QED) is 0.611. The fourth-order valence-corrected chi connectivity index (χ4v) is 1.45. The Bertz CT molecular complexity index is 362. The highest BCUT2D eigenvalue weighted by molar-refractivity contribution is 7.98. The zero-order valence-electron chi connectivity index (χ0n) is 9.11. The van der Waals surface area contributed by atoms with Crippen LogP contribution in [0.4, 0.5) is 5.69 Å². The number of ether oxygens (including phenoxy) is 1. The highest BCUT2D eigenvalue weighted by Gasteiger charge is 2.18. The Morgan fingerprint density at radius 1 is 1.67 bits per heavy atom. The molecule has 1 heterocycles. The first-order chi connectivity index (χ1) is 7.07. The number of hydrogen-bond acceptors (Lipinski definition) is 5. The average molecular weight is 229 g/mol.